The van der Waals surface area contributed by atoms with Crippen molar-refractivity contribution in [3.05, 3.63) is 11.6 Å². The predicted molar refractivity (Wildman–Crippen MR) is 144 cm³/mol. The number of nitrogens with zero attached hydrogens (tertiary/aromatic N) is 1. The normalized spacial score (nSPS) is 38.0. The Morgan fingerprint density at radius 1 is 1.05 bits per heavy atom. The number of allylic oxidation sites excluding steroid dienone is 1. The van der Waals surface area contributed by atoms with Crippen LogP contribution in [-0.4, -0.2) is 77.1 Å². The van der Waals surface area contributed by atoms with Gasteiger partial charge in [-0.2, -0.15) is 0 Å². The van der Waals surface area contributed by atoms with E-state index in [1.165, 1.54) is 12.0 Å². The zero-order chi connectivity index (χ0) is 29.7. The van der Waals surface area contributed by atoms with Gasteiger partial charge in [-0.05, 0) is 68.3 Å². The molecule has 0 radical (unpaired) electrons. The van der Waals surface area contributed by atoms with Crippen LogP contribution in [0.1, 0.15) is 84.5 Å². The standard InChI is InChI=1S/C31H41NO9/c1-29-12-10-19(33)15-18(29)6-7-20-21-11-13-31(39,30(21,2)16-23(34)27(20)29)24(35)17-41-26(37)9-8-25(36)32-14-4-5-22(32)28(38)40-3/h15,20-22,27,39H,4-14,16-17H2,1-3H3/t20-,21-,22?,27+,29-,30-,31-/m0/s1. The van der Waals surface area contributed by atoms with Crippen molar-refractivity contribution in [1.82, 2.24) is 4.90 Å². The minimum Gasteiger partial charge on any atom is -0.467 e. The smallest absolute Gasteiger partial charge is 0.328 e. The maximum absolute atomic E-state index is 13.8. The molecule has 4 fully saturated rings. The van der Waals surface area contributed by atoms with E-state index < -0.39 is 41.4 Å². The summed E-state index contributed by atoms with van der Waals surface area (Å²) in [5, 5.41) is 11.8. The molecule has 1 unspecified atom stereocenters. The van der Waals surface area contributed by atoms with Crippen molar-refractivity contribution >= 4 is 35.2 Å². The van der Waals surface area contributed by atoms with Gasteiger partial charge in [0.25, 0.3) is 0 Å². The summed E-state index contributed by atoms with van der Waals surface area (Å²) < 4.78 is 9.97. The lowest BCUT2D eigenvalue weighted by Gasteiger charge is -2.57. The molecular weight excluding hydrogens is 530 g/mol. The van der Waals surface area contributed by atoms with Gasteiger partial charge in [0.05, 0.1) is 13.5 Å². The van der Waals surface area contributed by atoms with E-state index in [1.807, 2.05) is 6.92 Å². The third kappa shape index (κ3) is 4.76. The molecule has 0 spiro atoms. The second-order valence-electron chi connectivity index (χ2n) is 13.2. The topological polar surface area (TPSA) is 144 Å². The van der Waals surface area contributed by atoms with Crippen LogP contribution in [0.5, 0.6) is 0 Å². The molecule has 224 valence electrons. The molecule has 41 heavy (non-hydrogen) atoms. The maximum atomic E-state index is 13.8. The molecule has 1 aliphatic heterocycles. The molecule has 1 amide bonds. The number of esters is 2. The van der Waals surface area contributed by atoms with E-state index in [9.17, 15) is 33.9 Å². The number of amides is 1. The number of hydrogen-bond donors (Lipinski definition) is 1. The Kier molecular flexibility index (Phi) is 7.76. The summed E-state index contributed by atoms with van der Waals surface area (Å²) in [6.07, 6.45) is 5.92. The summed E-state index contributed by atoms with van der Waals surface area (Å²) in [5.74, 6) is -2.30. The summed E-state index contributed by atoms with van der Waals surface area (Å²) in [6.45, 7) is 3.70. The molecule has 7 atom stereocenters. The fourth-order valence-electron chi connectivity index (χ4n) is 8.98. The van der Waals surface area contributed by atoms with Gasteiger partial charge >= 0.3 is 11.9 Å². The van der Waals surface area contributed by atoms with Crippen LogP contribution in [0.2, 0.25) is 0 Å². The number of fused-ring (bicyclic) bond motifs is 5. The highest BCUT2D eigenvalue weighted by Gasteiger charge is 2.68. The number of ketones is 3. The first kappa shape index (κ1) is 29.6. The van der Waals surface area contributed by atoms with Crippen molar-refractivity contribution in [2.75, 3.05) is 20.3 Å². The Hall–Kier alpha value is -2.88. The van der Waals surface area contributed by atoms with Crippen LogP contribution in [0.3, 0.4) is 0 Å². The van der Waals surface area contributed by atoms with Crippen LogP contribution < -0.4 is 0 Å². The first-order valence-corrected chi connectivity index (χ1v) is 14.9. The Labute approximate surface area is 240 Å². The minimum absolute atomic E-state index is 0.0198. The molecule has 0 aromatic rings. The highest BCUT2D eigenvalue weighted by Crippen LogP contribution is 2.66. The van der Waals surface area contributed by atoms with Gasteiger partial charge in [0.2, 0.25) is 11.7 Å². The van der Waals surface area contributed by atoms with E-state index in [1.54, 1.807) is 6.08 Å². The molecule has 10 nitrogen and oxygen atoms in total. The molecule has 0 aromatic carbocycles. The first-order chi connectivity index (χ1) is 19.4. The zero-order valence-corrected chi connectivity index (χ0v) is 24.2. The molecule has 0 bridgehead atoms. The minimum atomic E-state index is -1.79. The van der Waals surface area contributed by atoms with Gasteiger partial charge in [-0.15, -0.1) is 0 Å². The molecule has 5 aliphatic rings. The molecule has 10 heteroatoms. The van der Waals surface area contributed by atoms with E-state index in [2.05, 4.69) is 6.92 Å². The number of aliphatic hydroxyl groups is 1. The van der Waals surface area contributed by atoms with Gasteiger partial charge in [0.15, 0.2) is 12.4 Å². The number of ether oxygens (including phenoxy) is 2. The molecule has 3 saturated carbocycles. The van der Waals surface area contributed by atoms with Crippen LogP contribution in [0.25, 0.3) is 0 Å². The lowest BCUT2D eigenvalue weighted by Crippen LogP contribution is -2.61. The van der Waals surface area contributed by atoms with Gasteiger partial charge in [-0.1, -0.05) is 19.4 Å². The Balaban J connectivity index is 1.20. The van der Waals surface area contributed by atoms with Crippen LogP contribution in [0.15, 0.2) is 11.6 Å². The third-order valence-electron chi connectivity index (χ3n) is 11.2. The summed E-state index contributed by atoms with van der Waals surface area (Å²) in [7, 11) is 1.27. The summed E-state index contributed by atoms with van der Waals surface area (Å²) in [6, 6.07) is -0.650. The third-order valence-corrected chi connectivity index (χ3v) is 11.2. The summed E-state index contributed by atoms with van der Waals surface area (Å²) >= 11 is 0. The number of likely N-dealkylation sites (tertiary alicyclic amines) is 1. The molecule has 1 N–H and O–H groups in total. The second-order valence-corrected chi connectivity index (χ2v) is 13.2. The van der Waals surface area contributed by atoms with Crippen LogP contribution in [0, 0.1) is 28.6 Å². The van der Waals surface area contributed by atoms with Crippen LogP contribution in [-0.2, 0) is 38.2 Å². The number of Topliss-reactive ketones (excluding diaryl/α,β-unsaturated/α-hetero) is 2. The van der Waals surface area contributed by atoms with Crippen LogP contribution >= 0.6 is 0 Å². The van der Waals surface area contributed by atoms with Crippen molar-refractivity contribution in [2.45, 2.75) is 96.1 Å². The number of carbonyl (C=O) groups is 6. The van der Waals surface area contributed by atoms with Gasteiger partial charge < -0.3 is 19.5 Å². The Bertz CT molecular complexity index is 1210. The first-order valence-electron chi connectivity index (χ1n) is 14.9. The lowest BCUT2D eigenvalue weighted by atomic mass is 9.46. The summed E-state index contributed by atoms with van der Waals surface area (Å²) in [4.78, 5) is 77.6. The fourth-order valence-corrected chi connectivity index (χ4v) is 8.98. The Morgan fingerprint density at radius 3 is 2.54 bits per heavy atom. The molecule has 0 aromatic heterocycles. The highest BCUT2D eigenvalue weighted by molar-refractivity contribution is 5.95. The molecule has 1 heterocycles. The van der Waals surface area contributed by atoms with Crippen molar-refractivity contribution in [3.8, 4) is 0 Å². The van der Waals surface area contributed by atoms with Gasteiger partial charge in [-0.25, -0.2) is 4.79 Å². The Morgan fingerprint density at radius 2 is 1.80 bits per heavy atom. The lowest BCUT2D eigenvalue weighted by molar-refractivity contribution is -0.174. The second kappa shape index (κ2) is 10.7. The van der Waals surface area contributed by atoms with Crippen molar-refractivity contribution in [2.24, 2.45) is 28.6 Å². The number of methoxy groups -OCH3 is 1. The predicted octanol–water partition coefficient (Wildman–Crippen LogP) is 2.48. The fraction of sp³-hybridized carbons (Fsp3) is 0.742. The van der Waals surface area contributed by atoms with E-state index in [0.29, 0.717) is 38.6 Å². The maximum Gasteiger partial charge on any atom is 0.328 e. The average molecular weight is 572 g/mol. The van der Waals surface area contributed by atoms with E-state index in [4.69, 9.17) is 9.47 Å². The monoisotopic (exact) mass is 571 g/mol. The van der Waals surface area contributed by atoms with E-state index in [0.717, 1.165) is 18.4 Å². The SMILES string of the molecule is COC(=O)C1CCCN1C(=O)CCC(=O)OCC(=O)[C@@]1(O)CC[C@H]2[C@@H]3CCC4=CC(=O)CC[C@]4(C)[C@H]3C(=O)C[C@@]21C. The molecule has 5 rings (SSSR count). The van der Waals surface area contributed by atoms with Crippen molar-refractivity contribution in [3.63, 3.8) is 0 Å². The van der Waals surface area contributed by atoms with Crippen LogP contribution in [0.4, 0.5) is 0 Å². The van der Waals surface area contributed by atoms with E-state index >= 15 is 0 Å². The van der Waals surface area contributed by atoms with E-state index in [-0.39, 0.29) is 66.3 Å². The number of carbonyl (C=O) groups excluding carboxylic acids is 6. The van der Waals surface area contributed by atoms with Gasteiger partial charge in [0, 0.05) is 37.1 Å². The highest BCUT2D eigenvalue weighted by atomic mass is 16.5. The van der Waals surface area contributed by atoms with Gasteiger partial charge in [-0.3, -0.25) is 24.0 Å². The zero-order valence-electron chi connectivity index (χ0n) is 24.2. The number of rotatable bonds is 7. The molecule has 4 aliphatic carbocycles. The quantitative estimate of drug-likeness (QED) is 0.456. The van der Waals surface area contributed by atoms with Crippen molar-refractivity contribution < 1.29 is 43.3 Å². The van der Waals surface area contributed by atoms with Gasteiger partial charge in [0.1, 0.15) is 17.4 Å². The summed E-state index contributed by atoms with van der Waals surface area (Å²) in [5.41, 5.74) is -2.06. The average Bonchev–Trinajstić information content (AvgIpc) is 3.53. The number of hydrogen-bond acceptors (Lipinski definition) is 9. The molecular formula is C31H41NO9. The molecule has 1 saturated heterocycles. The van der Waals surface area contributed by atoms with Crippen molar-refractivity contribution in [1.29, 1.82) is 0 Å². The largest absolute Gasteiger partial charge is 0.467 e.